The molecular weight excluding hydrogens is 364 g/mol. The number of halogens is 1. The number of nitrogens with zero attached hydrogens (tertiary/aromatic N) is 1. The van der Waals surface area contributed by atoms with Gasteiger partial charge >= 0.3 is 0 Å². The lowest BCUT2D eigenvalue weighted by Gasteiger charge is -2.29. The summed E-state index contributed by atoms with van der Waals surface area (Å²) >= 11 is 5.88. The molecule has 2 aromatic rings. The Morgan fingerprint density at radius 1 is 1.11 bits per heavy atom. The van der Waals surface area contributed by atoms with Crippen LogP contribution in [0.2, 0.25) is 5.02 Å². The van der Waals surface area contributed by atoms with Gasteiger partial charge in [-0.05, 0) is 55.8 Å². The lowest BCUT2D eigenvalue weighted by atomic mass is 10.1. The van der Waals surface area contributed by atoms with Gasteiger partial charge in [0, 0.05) is 30.3 Å². The highest BCUT2D eigenvalue weighted by Crippen LogP contribution is 2.21. The van der Waals surface area contributed by atoms with Crippen LogP contribution in [0.15, 0.2) is 48.5 Å². The van der Waals surface area contributed by atoms with E-state index in [4.69, 9.17) is 21.1 Å². The summed E-state index contributed by atoms with van der Waals surface area (Å²) < 4.78 is 11.2. The zero-order chi connectivity index (χ0) is 19.3. The number of hydrogen-bond donors (Lipinski definition) is 1. The fourth-order valence-electron chi connectivity index (χ4n) is 2.88. The van der Waals surface area contributed by atoms with E-state index in [0.717, 1.165) is 31.9 Å². The molecule has 3 rings (SSSR count). The van der Waals surface area contributed by atoms with Crippen molar-refractivity contribution in [1.82, 2.24) is 5.32 Å². The van der Waals surface area contributed by atoms with E-state index >= 15 is 0 Å². The number of hydrogen-bond acceptors (Lipinski definition) is 4. The maximum absolute atomic E-state index is 12.5. The van der Waals surface area contributed by atoms with Gasteiger partial charge in [0.15, 0.2) is 5.60 Å². The molecule has 1 amide bonds. The minimum Gasteiger partial charge on any atom is -0.478 e. The van der Waals surface area contributed by atoms with Gasteiger partial charge in [-0.15, -0.1) is 0 Å². The molecule has 0 radical (unpaired) electrons. The third kappa shape index (κ3) is 5.37. The molecule has 1 saturated heterocycles. The Bertz CT molecular complexity index is 754. The topological polar surface area (TPSA) is 50.8 Å². The number of carbonyl (C=O) groups excluding carboxylic acids is 1. The van der Waals surface area contributed by atoms with Crippen LogP contribution >= 0.6 is 11.6 Å². The van der Waals surface area contributed by atoms with Gasteiger partial charge in [-0.3, -0.25) is 4.79 Å². The van der Waals surface area contributed by atoms with E-state index in [1.54, 1.807) is 38.1 Å². The fraction of sp³-hybridized carbons (Fsp3) is 0.381. The van der Waals surface area contributed by atoms with Crippen LogP contribution in [0.3, 0.4) is 0 Å². The van der Waals surface area contributed by atoms with Crippen molar-refractivity contribution in [3.63, 3.8) is 0 Å². The molecule has 0 aromatic heterocycles. The van der Waals surface area contributed by atoms with E-state index in [1.165, 1.54) is 5.69 Å². The largest absolute Gasteiger partial charge is 0.478 e. The van der Waals surface area contributed by atoms with E-state index in [1.807, 2.05) is 12.1 Å². The summed E-state index contributed by atoms with van der Waals surface area (Å²) in [6, 6.07) is 15.2. The van der Waals surface area contributed by atoms with Gasteiger partial charge in [-0.25, -0.2) is 0 Å². The average Bonchev–Trinajstić information content (AvgIpc) is 2.69. The van der Waals surface area contributed by atoms with Crippen molar-refractivity contribution in [2.24, 2.45) is 0 Å². The highest BCUT2D eigenvalue weighted by molar-refractivity contribution is 6.30. The molecule has 27 heavy (non-hydrogen) atoms. The quantitative estimate of drug-likeness (QED) is 0.820. The molecule has 0 spiro atoms. The summed E-state index contributed by atoms with van der Waals surface area (Å²) in [5, 5.41) is 3.58. The molecule has 2 aromatic carbocycles. The molecule has 0 atom stereocenters. The highest BCUT2D eigenvalue weighted by atomic mass is 35.5. The summed E-state index contributed by atoms with van der Waals surface area (Å²) in [5.41, 5.74) is 1.24. The number of anilines is 1. The van der Waals surface area contributed by atoms with Crippen LogP contribution in [-0.2, 0) is 16.1 Å². The van der Waals surface area contributed by atoms with E-state index < -0.39 is 5.60 Å². The minimum absolute atomic E-state index is 0.172. The number of amides is 1. The maximum Gasteiger partial charge on any atom is 0.263 e. The van der Waals surface area contributed by atoms with Crippen molar-refractivity contribution in [2.75, 3.05) is 31.2 Å². The molecule has 6 heteroatoms. The Labute approximate surface area is 165 Å². The fourth-order valence-corrected chi connectivity index (χ4v) is 3.01. The van der Waals surface area contributed by atoms with Crippen molar-refractivity contribution in [3.05, 3.63) is 59.1 Å². The standard InChI is InChI=1S/C21H25ClN2O3/c1-21(2,27-19-9-5-17(22)6-10-19)20(25)23-15-16-3-7-18(8-4-16)24-11-13-26-14-12-24/h3-10H,11-15H2,1-2H3,(H,23,25). The van der Waals surface area contributed by atoms with Gasteiger partial charge in [0.1, 0.15) is 5.75 Å². The number of nitrogens with one attached hydrogen (secondary N) is 1. The second-order valence-corrected chi connectivity index (χ2v) is 7.45. The number of ether oxygens (including phenoxy) is 2. The predicted molar refractivity (Wildman–Crippen MR) is 107 cm³/mol. The van der Waals surface area contributed by atoms with Gasteiger partial charge in [-0.2, -0.15) is 0 Å². The number of rotatable bonds is 6. The molecule has 0 saturated carbocycles. The van der Waals surface area contributed by atoms with Crippen LogP contribution in [0, 0.1) is 0 Å². The van der Waals surface area contributed by atoms with Crippen molar-refractivity contribution >= 4 is 23.2 Å². The van der Waals surface area contributed by atoms with Gasteiger partial charge in [-0.1, -0.05) is 23.7 Å². The van der Waals surface area contributed by atoms with Crippen LogP contribution in [0.4, 0.5) is 5.69 Å². The summed E-state index contributed by atoms with van der Waals surface area (Å²) in [6.07, 6.45) is 0. The van der Waals surface area contributed by atoms with Crippen LogP contribution in [0.1, 0.15) is 19.4 Å². The van der Waals surface area contributed by atoms with Gasteiger partial charge in [0.2, 0.25) is 0 Å². The zero-order valence-electron chi connectivity index (χ0n) is 15.7. The first-order valence-corrected chi connectivity index (χ1v) is 9.46. The molecule has 0 unspecified atom stereocenters. The Kier molecular flexibility index (Phi) is 6.24. The maximum atomic E-state index is 12.5. The van der Waals surface area contributed by atoms with E-state index in [9.17, 15) is 4.79 Å². The first-order valence-electron chi connectivity index (χ1n) is 9.08. The molecule has 0 bridgehead atoms. The van der Waals surface area contributed by atoms with Crippen LogP contribution < -0.4 is 15.0 Å². The lowest BCUT2D eigenvalue weighted by Crippen LogP contribution is -2.46. The molecule has 5 nitrogen and oxygen atoms in total. The molecular formula is C21H25ClN2O3. The number of morpholine rings is 1. The molecule has 1 aliphatic rings. The normalized spacial score (nSPS) is 14.7. The van der Waals surface area contributed by atoms with E-state index in [2.05, 4.69) is 22.3 Å². The Hall–Kier alpha value is -2.24. The number of benzene rings is 2. The van der Waals surface area contributed by atoms with Crippen LogP contribution in [-0.4, -0.2) is 37.8 Å². The van der Waals surface area contributed by atoms with Gasteiger partial charge in [0.25, 0.3) is 5.91 Å². The number of carbonyl (C=O) groups is 1. The van der Waals surface area contributed by atoms with Gasteiger partial charge in [0.05, 0.1) is 13.2 Å². The van der Waals surface area contributed by atoms with Crippen LogP contribution in [0.25, 0.3) is 0 Å². The Morgan fingerprint density at radius 3 is 2.37 bits per heavy atom. The summed E-state index contributed by atoms with van der Waals surface area (Å²) in [6.45, 7) is 7.30. The summed E-state index contributed by atoms with van der Waals surface area (Å²) in [5.74, 6) is 0.434. The van der Waals surface area contributed by atoms with Crippen molar-refractivity contribution in [3.8, 4) is 5.75 Å². The summed E-state index contributed by atoms with van der Waals surface area (Å²) in [4.78, 5) is 14.8. The first-order chi connectivity index (χ1) is 12.9. The minimum atomic E-state index is -0.985. The molecule has 1 N–H and O–H groups in total. The Morgan fingerprint density at radius 2 is 1.74 bits per heavy atom. The molecule has 1 heterocycles. The van der Waals surface area contributed by atoms with Crippen LogP contribution in [0.5, 0.6) is 5.75 Å². The van der Waals surface area contributed by atoms with Crippen molar-refractivity contribution in [2.45, 2.75) is 26.0 Å². The third-order valence-corrected chi connectivity index (χ3v) is 4.75. The van der Waals surface area contributed by atoms with E-state index in [-0.39, 0.29) is 5.91 Å². The molecule has 0 aliphatic carbocycles. The highest BCUT2D eigenvalue weighted by Gasteiger charge is 2.29. The lowest BCUT2D eigenvalue weighted by molar-refractivity contribution is -0.134. The third-order valence-electron chi connectivity index (χ3n) is 4.50. The smallest absolute Gasteiger partial charge is 0.263 e. The Balaban J connectivity index is 1.53. The molecule has 1 aliphatic heterocycles. The van der Waals surface area contributed by atoms with E-state index in [0.29, 0.717) is 17.3 Å². The SMILES string of the molecule is CC(C)(Oc1ccc(Cl)cc1)C(=O)NCc1ccc(N2CCOCC2)cc1. The second-order valence-electron chi connectivity index (χ2n) is 7.01. The predicted octanol–water partition coefficient (Wildman–Crippen LogP) is 3.65. The zero-order valence-corrected chi connectivity index (χ0v) is 16.5. The first kappa shape index (κ1) is 19.5. The molecule has 1 fully saturated rings. The second kappa shape index (κ2) is 8.63. The van der Waals surface area contributed by atoms with Crippen molar-refractivity contribution in [1.29, 1.82) is 0 Å². The average molecular weight is 389 g/mol. The monoisotopic (exact) mass is 388 g/mol. The van der Waals surface area contributed by atoms with Gasteiger partial charge < -0.3 is 19.7 Å². The summed E-state index contributed by atoms with van der Waals surface area (Å²) in [7, 11) is 0. The molecule has 144 valence electrons. The van der Waals surface area contributed by atoms with Crippen molar-refractivity contribution < 1.29 is 14.3 Å².